The standard InChI is InChI=1S/C10H6Cl2N2O3/c11-4-8-5-17-10(13-8)6-1-7(12)3-9(2-6)14(15)16/h1-3,5H,4H2. The van der Waals surface area contributed by atoms with Gasteiger partial charge in [-0.15, -0.1) is 11.6 Å². The zero-order valence-corrected chi connectivity index (χ0v) is 9.90. The predicted molar refractivity (Wildman–Crippen MR) is 63.2 cm³/mol. The molecule has 7 heteroatoms. The zero-order valence-electron chi connectivity index (χ0n) is 8.39. The first-order chi connectivity index (χ1) is 8.10. The minimum Gasteiger partial charge on any atom is -0.444 e. The van der Waals surface area contributed by atoms with E-state index in [0.29, 0.717) is 11.3 Å². The van der Waals surface area contributed by atoms with Crippen molar-refractivity contribution in [2.24, 2.45) is 0 Å². The highest BCUT2D eigenvalue weighted by atomic mass is 35.5. The highest BCUT2D eigenvalue weighted by Crippen LogP contribution is 2.28. The molecule has 0 bridgehead atoms. The Hall–Kier alpha value is -1.59. The van der Waals surface area contributed by atoms with Crippen LogP contribution in [0.1, 0.15) is 5.69 Å². The molecule has 1 aromatic heterocycles. The third kappa shape index (κ3) is 2.57. The smallest absolute Gasteiger partial charge is 0.271 e. The van der Waals surface area contributed by atoms with E-state index in [1.807, 2.05) is 0 Å². The van der Waals surface area contributed by atoms with Crippen molar-refractivity contribution in [1.29, 1.82) is 0 Å². The monoisotopic (exact) mass is 272 g/mol. The van der Waals surface area contributed by atoms with E-state index in [2.05, 4.69) is 4.98 Å². The van der Waals surface area contributed by atoms with Crippen LogP contribution in [-0.2, 0) is 5.88 Å². The molecule has 0 radical (unpaired) electrons. The Kier molecular flexibility index (Phi) is 3.31. The number of aromatic nitrogens is 1. The van der Waals surface area contributed by atoms with E-state index < -0.39 is 4.92 Å². The van der Waals surface area contributed by atoms with Crippen molar-refractivity contribution in [3.8, 4) is 11.5 Å². The van der Waals surface area contributed by atoms with E-state index in [1.165, 1.54) is 18.4 Å². The number of nitro benzene ring substituents is 1. The van der Waals surface area contributed by atoms with Crippen molar-refractivity contribution >= 4 is 28.9 Å². The zero-order chi connectivity index (χ0) is 12.4. The normalized spacial score (nSPS) is 10.5. The van der Waals surface area contributed by atoms with Crippen LogP contribution in [0.4, 0.5) is 5.69 Å². The maximum Gasteiger partial charge on any atom is 0.271 e. The molecular formula is C10H6Cl2N2O3. The lowest BCUT2D eigenvalue weighted by Gasteiger charge is -1.97. The summed E-state index contributed by atoms with van der Waals surface area (Å²) in [6, 6.07) is 4.14. The van der Waals surface area contributed by atoms with Crippen molar-refractivity contribution in [3.05, 3.63) is 45.3 Å². The average molecular weight is 273 g/mol. The first-order valence-corrected chi connectivity index (χ1v) is 5.47. The summed E-state index contributed by atoms with van der Waals surface area (Å²) in [7, 11) is 0. The summed E-state index contributed by atoms with van der Waals surface area (Å²) in [6.45, 7) is 0. The van der Waals surface area contributed by atoms with Crippen molar-refractivity contribution in [3.63, 3.8) is 0 Å². The van der Waals surface area contributed by atoms with Crippen LogP contribution in [0.15, 0.2) is 28.9 Å². The Morgan fingerprint density at radius 1 is 1.41 bits per heavy atom. The highest BCUT2D eigenvalue weighted by Gasteiger charge is 2.13. The van der Waals surface area contributed by atoms with E-state index in [0.717, 1.165) is 0 Å². The third-order valence-corrected chi connectivity index (χ3v) is 2.52. The molecule has 2 rings (SSSR count). The fourth-order valence-corrected chi connectivity index (χ4v) is 1.66. The van der Waals surface area contributed by atoms with Gasteiger partial charge in [-0.2, -0.15) is 0 Å². The van der Waals surface area contributed by atoms with E-state index >= 15 is 0 Å². The number of alkyl halides is 1. The molecule has 0 spiro atoms. The SMILES string of the molecule is O=[N+]([O-])c1cc(Cl)cc(-c2nc(CCl)co2)c1. The summed E-state index contributed by atoms with van der Waals surface area (Å²) in [5.74, 6) is 0.470. The molecule has 0 aliphatic rings. The average Bonchev–Trinajstić information content (AvgIpc) is 2.76. The highest BCUT2D eigenvalue weighted by molar-refractivity contribution is 6.31. The van der Waals surface area contributed by atoms with Crippen molar-refractivity contribution in [2.75, 3.05) is 0 Å². The van der Waals surface area contributed by atoms with Gasteiger partial charge in [0.15, 0.2) is 0 Å². The lowest BCUT2D eigenvalue weighted by Crippen LogP contribution is -1.89. The molecule has 0 saturated heterocycles. The summed E-state index contributed by atoms with van der Waals surface area (Å²) >= 11 is 11.4. The number of hydrogen-bond donors (Lipinski definition) is 0. The molecule has 2 aromatic rings. The fourth-order valence-electron chi connectivity index (χ4n) is 1.30. The van der Waals surface area contributed by atoms with Crippen LogP contribution in [0.25, 0.3) is 11.5 Å². The first kappa shape index (κ1) is 11.9. The van der Waals surface area contributed by atoms with Crippen LogP contribution in [0, 0.1) is 10.1 Å². The summed E-state index contributed by atoms with van der Waals surface area (Å²) in [6.07, 6.45) is 1.40. The van der Waals surface area contributed by atoms with Crippen LogP contribution < -0.4 is 0 Å². The number of nitro groups is 1. The van der Waals surface area contributed by atoms with Gasteiger partial charge < -0.3 is 4.42 Å². The van der Waals surface area contributed by atoms with Crippen molar-refractivity contribution in [2.45, 2.75) is 5.88 Å². The van der Waals surface area contributed by atoms with Crippen molar-refractivity contribution < 1.29 is 9.34 Å². The Labute approximate surface area is 106 Å². The van der Waals surface area contributed by atoms with Gasteiger partial charge in [0.05, 0.1) is 16.5 Å². The molecule has 5 nitrogen and oxygen atoms in total. The second-order valence-corrected chi connectivity index (χ2v) is 3.94. The van der Waals surface area contributed by atoms with Crippen LogP contribution in [0.5, 0.6) is 0 Å². The molecule has 0 atom stereocenters. The number of nitrogens with zero attached hydrogens (tertiary/aromatic N) is 2. The Morgan fingerprint density at radius 2 is 2.18 bits per heavy atom. The van der Waals surface area contributed by atoms with Gasteiger partial charge in [-0.25, -0.2) is 4.98 Å². The van der Waals surface area contributed by atoms with Gasteiger partial charge >= 0.3 is 0 Å². The second-order valence-electron chi connectivity index (χ2n) is 3.23. The minimum atomic E-state index is -0.527. The molecular weight excluding hydrogens is 267 g/mol. The minimum absolute atomic E-state index is 0.113. The van der Waals surface area contributed by atoms with Crippen LogP contribution in [0.2, 0.25) is 5.02 Å². The van der Waals surface area contributed by atoms with E-state index in [-0.39, 0.29) is 22.5 Å². The Balaban J connectivity index is 2.47. The van der Waals surface area contributed by atoms with Gasteiger partial charge in [-0.1, -0.05) is 11.6 Å². The number of rotatable bonds is 3. The molecule has 0 aliphatic carbocycles. The number of hydrogen-bond acceptors (Lipinski definition) is 4. The summed E-state index contributed by atoms with van der Waals surface area (Å²) < 4.78 is 5.15. The van der Waals surface area contributed by atoms with Crippen molar-refractivity contribution in [1.82, 2.24) is 4.98 Å². The van der Waals surface area contributed by atoms with E-state index in [4.69, 9.17) is 27.6 Å². The van der Waals surface area contributed by atoms with Gasteiger partial charge in [-0.3, -0.25) is 10.1 Å². The largest absolute Gasteiger partial charge is 0.444 e. The number of halogens is 2. The van der Waals surface area contributed by atoms with Crippen LogP contribution in [-0.4, -0.2) is 9.91 Å². The molecule has 1 heterocycles. The maximum atomic E-state index is 10.7. The first-order valence-electron chi connectivity index (χ1n) is 4.56. The summed E-state index contributed by atoms with van der Waals surface area (Å²) in [5.41, 5.74) is 0.892. The van der Waals surface area contributed by atoms with Gasteiger partial charge in [-0.05, 0) is 6.07 Å². The predicted octanol–water partition coefficient (Wildman–Crippen LogP) is 3.64. The molecule has 0 aliphatic heterocycles. The summed E-state index contributed by atoms with van der Waals surface area (Å²) in [5, 5.41) is 10.9. The number of benzene rings is 1. The molecule has 0 fully saturated rings. The molecule has 0 N–H and O–H groups in total. The molecule has 1 aromatic carbocycles. The number of oxazole rings is 1. The second kappa shape index (κ2) is 4.73. The molecule has 0 unspecified atom stereocenters. The topological polar surface area (TPSA) is 69.2 Å². The lowest BCUT2D eigenvalue weighted by molar-refractivity contribution is -0.384. The quantitative estimate of drug-likeness (QED) is 0.486. The van der Waals surface area contributed by atoms with Gasteiger partial charge in [0.1, 0.15) is 6.26 Å². The molecule has 88 valence electrons. The molecule has 17 heavy (non-hydrogen) atoms. The Morgan fingerprint density at radius 3 is 2.76 bits per heavy atom. The van der Waals surface area contributed by atoms with Crippen LogP contribution >= 0.6 is 23.2 Å². The Bertz CT molecular complexity index is 568. The number of non-ortho nitro benzene ring substituents is 1. The lowest BCUT2D eigenvalue weighted by atomic mass is 10.2. The molecule has 0 amide bonds. The van der Waals surface area contributed by atoms with Gasteiger partial charge in [0, 0.05) is 22.7 Å². The van der Waals surface area contributed by atoms with E-state index in [9.17, 15) is 10.1 Å². The van der Waals surface area contributed by atoms with E-state index in [1.54, 1.807) is 6.07 Å². The third-order valence-electron chi connectivity index (χ3n) is 2.03. The van der Waals surface area contributed by atoms with Gasteiger partial charge in [0.25, 0.3) is 5.69 Å². The fraction of sp³-hybridized carbons (Fsp3) is 0.100. The molecule has 0 saturated carbocycles. The maximum absolute atomic E-state index is 10.7. The van der Waals surface area contributed by atoms with Crippen LogP contribution in [0.3, 0.4) is 0 Å². The summed E-state index contributed by atoms with van der Waals surface area (Å²) in [4.78, 5) is 14.2. The van der Waals surface area contributed by atoms with Gasteiger partial charge in [0.2, 0.25) is 5.89 Å².